The van der Waals surface area contributed by atoms with Gasteiger partial charge >= 0.3 is 11.7 Å². The van der Waals surface area contributed by atoms with Crippen LogP contribution in [-0.4, -0.2) is 31.3 Å². The Hall–Kier alpha value is -2.68. The maximum atomic E-state index is 12.4. The zero-order chi connectivity index (χ0) is 19.0. The second-order valence-electron chi connectivity index (χ2n) is 6.02. The number of fused-ring (bicyclic) bond motifs is 1. The minimum Gasteiger partial charge on any atom is -0.460 e. The van der Waals surface area contributed by atoms with Crippen molar-refractivity contribution in [3.63, 3.8) is 0 Å². The van der Waals surface area contributed by atoms with E-state index in [-0.39, 0.29) is 19.1 Å². The molecule has 0 aliphatic heterocycles. The van der Waals surface area contributed by atoms with Crippen molar-refractivity contribution in [2.45, 2.75) is 26.8 Å². The number of thiophene rings is 1. The predicted octanol–water partition coefficient (Wildman–Crippen LogP) is 1.22. The molecule has 0 unspecified atom stereocenters. The summed E-state index contributed by atoms with van der Waals surface area (Å²) >= 11 is 1.44. The quantitative estimate of drug-likeness (QED) is 0.625. The van der Waals surface area contributed by atoms with Gasteiger partial charge in [0.1, 0.15) is 11.5 Å². The first kappa shape index (κ1) is 18.1. The van der Waals surface area contributed by atoms with Crippen LogP contribution in [0.2, 0.25) is 0 Å². The standard InChI is InChI=1S/C17H20N4O4S/c1-5-11-10(2)8-12(26-11)16(23)25-7-6-21-9-18-14-13(21)15(22)20(4)17(24)19(14)3/h8-9H,5-7H2,1-4H3. The molecule has 0 aliphatic rings. The molecule has 0 spiro atoms. The summed E-state index contributed by atoms with van der Waals surface area (Å²) in [4.78, 5) is 42.4. The molecular formula is C17H20N4O4S. The number of hydrogen-bond donors (Lipinski definition) is 0. The summed E-state index contributed by atoms with van der Waals surface area (Å²) < 4.78 is 9.29. The summed E-state index contributed by atoms with van der Waals surface area (Å²) in [6.45, 7) is 4.41. The molecule has 0 aromatic carbocycles. The van der Waals surface area contributed by atoms with E-state index in [9.17, 15) is 14.4 Å². The van der Waals surface area contributed by atoms with Crippen LogP contribution in [0.4, 0.5) is 0 Å². The van der Waals surface area contributed by atoms with Crippen molar-refractivity contribution in [1.82, 2.24) is 18.7 Å². The minimum atomic E-state index is -0.432. The maximum Gasteiger partial charge on any atom is 0.348 e. The number of rotatable bonds is 5. The zero-order valence-electron chi connectivity index (χ0n) is 15.1. The van der Waals surface area contributed by atoms with Crippen LogP contribution in [0.5, 0.6) is 0 Å². The van der Waals surface area contributed by atoms with Gasteiger partial charge in [-0.15, -0.1) is 11.3 Å². The average Bonchev–Trinajstić information content (AvgIpc) is 3.21. The SMILES string of the molecule is CCc1sc(C(=O)OCCn2cnc3c2c(=O)n(C)c(=O)n3C)cc1C. The van der Waals surface area contributed by atoms with Crippen LogP contribution >= 0.6 is 11.3 Å². The molecule has 0 atom stereocenters. The lowest BCUT2D eigenvalue weighted by molar-refractivity contribution is 0.0498. The molecule has 0 aliphatic carbocycles. The van der Waals surface area contributed by atoms with Crippen LogP contribution < -0.4 is 11.2 Å². The fourth-order valence-electron chi connectivity index (χ4n) is 2.85. The molecule has 3 heterocycles. The smallest absolute Gasteiger partial charge is 0.348 e. The van der Waals surface area contributed by atoms with E-state index < -0.39 is 11.2 Å². The number of carbonyl (C=O) groups excluding carboxylic acids is 1. The second-order valence-corrected chi connectivity index (χ2v) is 7.16. The van der Waals surface area contributed by atoms with Gasteiger partial charge in [-0.1, -0.05) is 6.92 Å². The van der Waals surface area contributed by atoms with Crippen molar-refractivity contribution in [2.75, 3.05) is 6.61 Å². The molecule has 0 saturated carbocycles. The van der Waals surface area contributed by atoms with Crippen molar-refractivity contribution < 1.29 is 9.53 Å². The van der Waals surface area contributed by atoms with Crippen LogP contribution in [0.15, 0.2) is 22.0 Å². The molecule has 0 radical (unpaired) electrons. The number of carbonyl (C=O) groups is 1. The maximum absolute atomic E-state index is 12.4. The lowest BCUT2D eigenvalue weighted by atomic mass is 10.2. The van der Waals surface area contributed by atoms with E-state index in [1.54, 1.807) is 11.6 Å². The number of esters is 1. The molecule has 8 nitrogen and oxygen atoms in total. The Morgan fingerprint density at radius 2 is 2.00 bits per heavy atom. The van der Waals surface area contributed by atoms with E-state index in [1.807, 2.05) is 19.9 Å². The van der Waals surface area contributed by atoms with E-state index >= 15 is 0 Å². The third-order valence-electron chi connectivity index (χ3n) is 4.33. The van der Waals surface area contributed by atoms with Crippen LogP contribution in [-0.2, 0) is 31.8 Å². The highest BCUT2D eigenvalue weighted by atomic mass is 32.1. The number of aromatic nitrogens is 4. The van der Waals surface area contributed by atoms with Gasteiger partial charge < -0.3 is 9.30 Å². The Morgan fingerprint density at radius 1 is 1.27 bits per heavy atom. The third kappa shape index (κ3) is 2.98. The molecule has 26 heavy (non-hydrogen) atoms. The Labute approximate surface area is 153 Å². The van der Waals surface area contributed by atoms with E-state index in [4.69, 9.17) is 4.74 Å². The highest BCUT2D eigenvalue weighted by Gasteiger charge is 2.16. The molecule has 0 saturated heterocycles. The van der Waals surface area contributed by atoms with Crippen LogP contribution in [0.1, 0.15) is 27.0 Å². The summed E-state index contributed by atoms with van der Waals surface area (Å²) in [5, 5.41) is 0. The molecular weight excluding hydrogens is 356 g/mol. The fourth-order valence-corrected chi connectivity index (χ4v) is 3.85. The molecule has 3 rings (SSSR count). The largest absolute Gasteiger partial charge is 0.460 e. The molecule has 3 aromatic rings. The first-order chi connectivity index (χ1) is 12.3. The van der Waals surface area contributed by atoms with Gasteiger partial charge in [0.25, 0.3) is 5.56 Å². The molecule has 138 valence electrons. The van der Waals surface area contributed by atoms with Gasteiger partial charge in [0.15, 0.2) is 11.2 Å². The summed E-state index contributed by atoms with van der Waals surface area (Å²) in [7, 11) is 2.98. The Bertz CT molecular complexity index is 1100. The van der Waals surface area contributed by atoms with Crippen molar-refractivity contribution >= 4 is 28.5 Å². The number of ether oxygens (including phenoxy) is 1. The van der Waals surface area contributed by atoms with Crippen molar-refractivity contribution in [3.8, 4) is 0 Å². The number of hydrogen-bond acceptors (Lipinski definition) is 6. The van der Waals surface area contributed by atoms with Crippen molar-refractivity contribution in [3.05, 3.63) is 48.5 Å². The lowest BCUT2D eigenvalue weighted by Gasteiger charge is -2.07. The number of imidazole rings is 1. The molecule has 0 fully saturated rings. The highest BCUT2D eigenvalue weighted by Crippen LogP contribution is 2.23. The van der Waals surface area contributed by atoms with E-state index in [0.717, 1.165) is 16.6 Å². The van der Waals surface area contributed by atoms with Gasteiger partial charge in [-0.3, -0.25) is 13.9 Å². The van der Waals surface area contributed by atoms with Gasteiger partial charge in [0, 0.05) is 19.0 Å². The third-order valence-corrected chi connectivity index (χ3v) is 5.69. The highest BCUT2D eigenvalue weighted by molar-refractivity contribution is 7.14. The first-order valence-corrected chi connectivity index (χ1v) is 9.04. The summed E-state index contributed by atoms with van der Waals surface area (Å²) in [6, 6.07) is 1.84. The average molecular weight is 376 g/mol. The lowest BCUT2D eigenvalue weighted by Crippen LogP contribution is -2.37. The second kappa shape index (κ2) is 6.91. The minimum absolute atomic E-state index is 0.106. The van der Waals surface area contributed by atoms with E-state index in [0.29, 0.717) is 16.0 Å². The number of nitrogens with zero attached hydrogens (tertiary/aromatic N) is 4. The van der Waals surface area contributed by atoms with E-state index in [2.05, 4.69) is 4.98 Å². The normalized spacial score (nSPS) is 11.2. The van der Waals surface area contributed by atoms with Crippen molar-refractivity contribution in [2.24, 2.45) is 14.1 Å². The fraction of sp³-hybridized carbons (Fsp3) is 0.412. The molecule has 0 amide bonds. The van der Waals surface area contributed by atoms with Crippen molar-refractivity contribution in [1.29, 1.82) is 0 Å². The van der Waals surface area contributed by atoms with Gasteiger partial charge in [0.2, 0.25) is 0 Å². The number of aryl methyl sites for hydroxylation is 3. The Morgan fingerprint density at radius 3 is 2.65 bits per heavy atom. The van der Waals surface area contributed by atoms with Gasteiger partial charge in [0.05, 0.1) is 12.9 Å². The summed E-state index contributed by atoms with van der Waals surface area (Å²) in [6.07, 6.45) is 2.36. The van der Waals surface area contributed by atoms with Gasteiger partial charge in [-0.2, -0.15) is 0 Å². The van der Waals surface area contributed by atoms with Crippen LogP contribution in [0.3, 0.4) is 0 Å². The van der Waals surface area contributed by atoms with Gasteiger partial charge in [-0.25, -0.2) is 14.6 Å². The molecule has 9 heteroatoms. The Kier molecular flexibility index (Phi) is 4.82. The monoisotopic (exact) mass is 376 g/mol. The first-order valence-electron chi connectivity index (χ1n) is 8.22. The van der Waals surface area contributed by atoms with Crippen LogP contribution in [0, 0.1) is 6.92 Å². The molecule has 3 aromatic heterocycles. The predicted molar refractivity (Wildman–Crippen MR) is 98.9 cm³/mol. The van der Waals surface area contributed by atoms with Gasteiger partial charge in [-0.05, 0) is 25.0 Å². The summed E-state index contributed by atoms with van der Waals surface area (Å²) in [5.74, 6) is -0.373. The molecule has 0 N–H and O–H groups in total. The summed E-state index contributed by atoms with van der Waals surface area (Å²) in [5.41, 5.74) is 0.860. The zero-order valence-corrected chi connectivity index (χ0v) is 15.9. The van der Waals surface area contributed by atoms with Crippen LogP contribution in [0.25, 0.3) is 11.2 Å². The van der Waals surface area contributed by atoms with E-state index in [1.165, 1.54) is 34.2 Å². The molecule has 0 bridgehead atoms. The Balaban J connectivity index is 1.77. The topological polar surface area (TPSA) is 88.1 Å².